The maximum atomic E-state index is 13.2. The third kappa shape index (κ3) is 7.89. The van der Waals surface area contributed by atoms with Gasteiger partial charge < -0.3 is 10.6 Å². The van der Waals surface area contributed by atoms with E-state index in [-0.39, 0.29) is 71.1 Å². The van der Waals surface area contributed by atoms with Crippen molar-refractivity contribution >= 4 is 11.8 Å². The van der Waals surface area contributed by atoms with Gasteiger partial charge in [-0.25, -0.2) is 0 Å². The Balaban J connectivity index is 1.30. The van der Waals surface area contributed by atoms with Crippen LogP contribution in [-0.4, -0.2) is 68.4 Å². The van der Waals surface area contributed by atoms with Gasteiger partial charge in [-0.1, -0.05) is 38.5 Å². The maximum Gasteiger partial charge on any atom is 0.220 e. The molecule has 4 fully saturated rings. The van der Waals surface area contributed by atoms with Crippen molar-refractivity contribution in [1.29, 1.82) is 0 Å². The predicted octanol–water partition coefficient (Wildman–Crippen LogP) is 6.57. The molecule has 0 bridgehead atoms. The molecule has 42 heavy (non-hydrogen) atoms. The Morgan fingerprint density at radius 2 is 0.905 bits per heavy atom. The Labute approximate surface area is 256 Å². The SMILES string of the molecule is CC1(C)CCC(NC(=O)CCC(=O)NC2CCC(C)(C)N(OC3CCCCC3)C2(C)C)C(C)(C)N1OC1CCCCC1. The highest BCUT2D eigenvalue weighted by Crippen LogP contribution is 2.42. The van der Waals surface area contributed by atoms with E-state index in [0.29, 0.717) is 0 Å². The first-order chi connectivity index (χ1) is 19.6. The van der Waals surface area contributed by atoms with E-state index in [1.165, 1.54) is 38.5 Å². The summed E-state index contributed by atoms with van der Waals surface area (Å²) < 4.78 is 0. The number of hydroxylamine groups is 4. The van der Waals surface area contributed by atoms with E-state index < -0.39 is 0 Å². The van der Waals surface area contributed by atoms with Gasteiger partial charge in [0.1, 0.15) is 0 Å². The van der Waals surface area contributed by atoms with Crippen molar-refractivity contribution in [2.45, 2.75) is 205 Å². The summed E-state index contributed by atoms with van der Waals surface area (Å²) in [5, 5.41) is 10.9. The molecule has 242 valence electrons. The normalized spacial score (nSPS) is 30.5. The van der Waals surface area contributed by atoms with Crippen LogP contribution in [0.1, 0.15) is 158 Å². The summed E-state index contributed by atoms with van der Waals surface area (Å²) in [7, 11) is 0. The van der Waals surface area contributed by atoms with Gasteiger partial charge in [-0.2, -0.15) is 10.1 Å². The number of carbonyl (C=O) groups excluding carboxylic acids is 2. The van der Waals surface area contributed by atoms with Crippen LogP contribution in [-0.2, 0) is 19.3 Å². The van der Waals surface area contributed by atoms with Gasteiger partial charge in [-0.3, -0.25) is 19.3 Å². The Morgan fingerprint density at radius 3 is 1.24 bits per heavy atom. The van der Waals surface area contributed by atoms with Crippen LogP contribution in [0.25, 0.3) is 0 Å². The first-order valence-electron chi connectivity index (χ1n) is 17.2. The van der Waals surface area contributed by atoms with Gasteiger partial charge in [0.05, 0.1) is 23.3 Å². The van der Waals surface area contributed by atoms with E-state index in [4.69, 9.17) is 9.68 Å². The number of piperidine rings is 2. The standard InChI is InChI=1S/C34H62N4O4/c1-31(2)23-21-27(33(5,6)37(31)41-25-15-11-9-12-16-25)35-29(39)19-20-30(40)36-28-22-24-32(3,4)38(34(28,7)8)42-26-17-13-10-14-18-26/h25-28H,9-24H2,1-8H3,(H,35,39)(H,36,40). The predicted molar refractivity (Wildman–Crippen MR) is 167 cm³/mol. The molecule has 2 saturated heterocycles. The van der Waals surface area contributed by atoms with Crippen molar-refractivity contribution in [2.24, 2.45) is 0 Å². The molecule has 0 radical (unpaired) electrons. The molecule has 8 nitrogen and oxygen atoms in total. The molecule has 2 heterocycles. The zero-order valence-corrected chi connectivity index (χ0v) is 28.2. The van der Waals surface area contributed by atoms with Crippen molar-refractivity contribution in [1.82, 2.24) is 20.8 Å². The monoisotopic (exact) mass is 590 g/mol. The van der Waals surface area contributed by atoms with Crippen LogP contribution in [0, 0.1) is 0 Å². The molecule has 2 saturated carbocycles. The van der Waals surface area contributed by atoms with Gasteiger partial charge in [0.2, 0.25) is 11.8 Å². The van der Waals surface area contributed by atoms with Crippen molar-refractivity contribution in [3.63, 3.8) is 0 Å². The first kappa shape index (κ1) is 33.7. The third-order valence-corrected chi connectivity index (χ3v) is 10.8. The molecule has 0 aromatic carbocycles. The van der Waals surface area contributed by atoms with E-state index in [1.54, 1.807) is 0 Å². The summed E-state index contributed by atoms with van der Waals surface area (Å²) in [6.07, 6.45) is 16.5. The Kier molecular flexibility index (Phi) is 10.8. The van der Waals surface area contributed by atoms with Gasteiger partial charge in [0, 0.05) is 36.0 Å². The molecular formula is C34H62N4O4. The lowest BCUT2D eigenvalue weighted by Crippen LogP contribution is -2.68. The van der Waals surface area contributed by atoms with E-state index in [2.05, 4.69) is 76.1 Å². The summed E-state index contributed by atoms with van der Waals surface area (Å²) in [6.45, 7) is 17.7. The molecular weight excluding hydrogens is 528 g/mol. The van der Waals surface area contributed by atoms with Gasteiger partial charge in [0.15, 0.2) is 0 Å². The van der Waals surface area contributed by atoms with Crippen LogP contribution in [0.3, 0.4) is 0 Å². The van der Waals surface area contributed by atoms with Crippen LogP contribution in [0.2, 0.25) is 0 Å². The third-order valence-electron chi connectivity index (χ3n) is 10.8. The summed E-state index contributed by atoms with van der Waals surface area (Å²) in [5.41, 5.74) is -0.897. The van der Waals surface area contributed by atoms with E-state index in [9.17, 15) is 9.59 Å². The van der Waals surface area contributed by atoms with Crippen molar-refractivity contribution < 1.29 is 19.3 Å². The van der Waals surface area contributed by atoms with Crippen LogP contribution in [0.5, 0.6) is 0 Å². The topological polar surface area (TPSA) is 83.1 Å². The molecule has 4 aliphatic rings. The zero-order valence-electron chi connectivity index (χ0n) is 28.2. The van der Waals surface area contributed by atoms with Crippen molar-refractivity contribution in [3.05, 3.63) is 0 Å². The molecule has 2 amide bonds. The summed E-state index contributed by atoms with van der Waals surface area (Å²) >= 11 is 0. The number of rotatable bonds is 9. The molecule has 0 aromatic rings. The highest BCUT2D eigenvalue weighted by Gasteiger charge is 2.51. The molecule has 0 spiro atoms. The van der Waals surface area contributed by atoms with E-state index >= 15 is 0 Å². The van der Waals surface area contributed by atoms with Gasteiger partial charge in [0.25, 0.3) is 0 Å². The minimum Gasteiger partial charge on any atom is -0.351 e. The average molecular weight is 591 g/mol. The van der Waals surface area contributed by atoms with Crippen molar-refractivity contribution in [3.8, 4) is 0 Å². The van der Waals surface area contributed by atoms with Crippen LogP contribution in [0.15, 0.2) is 0 Å². The smallest absolute Gasteiger partial charge is 0.220 e. The maximum absolute atomic E-state index is 13.2. The second-order valence-corrected chi connectivity index (χ2v) is 16.1. The number of hydrogen-bond acceptors (Lipinski definition) is 6. The Bertz CT molecular complexity index is 847. The second kappa shape index (κ2) is 13.4. The van der Waals surface area contributed by atoms with Gasteiger partial charge in [-0.15, -0.1) is 0 Å². The summed E-state index contributed by atoms with van der Waals surface area (Å²) in [4.78, 5) is 39.6. The second-order valence-electron chi connectivity index (χ2n) is 16.1. The van der Waals surface area contributed by atoms with Crippen LogP contribution >= 0.6 is 0 Å². The fraction of sp³-hybridized carbons (Fsp3) is 0.941. The fourth-order valence-corrected chi connectivity index (χ4v) is 8.20. The van der Waals surface area contributed by atoms with E-state index in [1.807, 2.05) is 0 Å². The quantitative estimate of drug-likeness (QED) is 0.316. The lowest BCUT2D eigenvalue weighted by molar-refractivity contribution is -0.313. The number of amides is 2. The van der Waals surface area contributed by atoms with E-state index in [0.717, 1.165) is 51.4 Å². The molecule has 2 atom stereocenters. The summed E-state index contributed by atoms with van der Waals surface area (Å²) in [6, 6.07) is -0.0654. The van der Waals surface area contributed by atoms with Crippen molar-refractivity contribution in [2.75, 3.05) is 0 Å². The molecule has 0 aromatic heterocycles. The van der Waals surface area contributed by atoms with Crippen LogP contribution < -0.4 is 10.6 Å². The molecule has 4 rings (SSSR count). The van der Waals surface area contributed by atoms with Crippen LogP contribution in [0.4, 0.5) is 0 Å². The minimum absolute atomic E-state index is 0.0327. The van der Waals surface area contributed by atoms with Gasteiger partial charge >= 0.3 is 0 Å². The summed E-state index contributed by atoms with van der Waals surface area (Å²) in [5.74, 6) is -0.126. The number of hydrogen-bond donors (Lipinski definition) is 2. The highest BCUT2D eigenvalue weighted by atomic mass is 16.7. The Hall–Kier alpha value is -1.22. The fourth-order valence-electron chi connectivity index (χ4n) is 8.20. The number of nitrogens with zero attached hydrogens (tertiary/aromatic N) is 2. The largest absolute Gasteiger partial charge is 0.351 e. The molecule has 2 aliphatic heterocycles. The molecule has 2 aliphatic carbocycles. The lowest BCUT2D eigenvalue weighted by atomic mass is 9.78. The molecule has 2 N–H and O–H groups in total. The first-order valence-corrected chi connectivity index (χ1v) is 17.2. The lowest BCUT2D eigenvalue weighted by Gasteiger charge is -2.56. The number of nitrogens with one attached hydrogen (secondary N) is 2. The highest BCUT2D eigenvalue weighted by molar-refractivity contribution is 5.84. The Morgan fingerprint density at radius 1 is 0.571 bits per heavy atom. The zero-order chi connectivity index (χ0) is 30.8. The minimum atomic E-state index is -0.349. The molecule has 8 heteroatoms. The number of carbonyl (C=O) groups is 2. The average Bonchev–Trinajstić information content (AvgIpc) is 2.93. The molecule has 2 unspecified atom stereocenters. The van der Waals surface area contributed by atoms with Gasteiger partial charge in [-0.05, 0) is 107 Å².